The Morgan fingerprint density at radius 1 is 0.853 bits per heavy atom. The summed E-state index contributed by atoms with van der Waals surface area (Å²) in [6, 6.07) is 20.6. The third kappa shape index (κ3) is 5.52. The third-order valence-corrected chi connectivity index (χ3v) is 7.68. The minimum atomic E-state index is -3.51. The Bertz CT molecular complexity index is 1280. The van der Waals surface area contributed by atoms with E-state index in [1.807, 2.05) is 31.2 Å². The highest BCUT2D eigenvalue weighted by atomic mass is 32.2. The zero-order valence-corrected chi connectivity index (χ0v) is 19.8. The molecule has 4 rings (SSSR count). The number of carbonyl (C=O) groups is 2. The topological polar surface area (TPSA) is 95.6 Å². The Morgan fingerprint density at radius 3 is 2.15 bits per heavy atom. The molecule has 8 heteroatoms. The van der Waals surface area contributed by atoms with Crippen LogP contribution in [0.5, 0.6) is 0 Å². The molecular weight excluding hydrogens is 450 g/mol. The van der Waals surface area contributed by atoms with Crippen LogP contribution in [0.15, 0.2) is 77.7 Å². The van der Waals surface area contributed by atoms with Crippen molar-refractivity contribution in [2.45, 2.75) is 31.2 Å². The minimum Gasteiger partial charge on any atom is -0.348 e. The van der Waals surface area contributed by atoms with Crippen molar-refractivity contribution in [3.05, 3.63) is 95.1 Å². The number of carbonyl (C=O) groups excluding carboxylic acids is 2. The molecule has 3 aromatic rings. The number of sulfonamides is 1. The molecule has 1 aliphatic heterocycles. The van der Waals surface area contributed by atoms with Gasteiger partial charge in [0, 0.05) is 36.4 Å². The molecule has 2 amide bonds. The van der Waals surface area contributed by atoms with Gasteiger partial charge >= 0.3 is 0 Å². The summed E-state index contributed by atoms with van der Waals surface area (Å²) in [6.07, 6.45) is 1.74. The van der Waals surface area contributed by atoms with Crippen molar-refractivity contribution in [1.82, 2.24) is 9.62 Å². The second kappa shape index (κ2) is 10.2. The predicted octanol–water partition coefficient (Wildman–Crippen LogP) is 3.96. The average molecular weight is 478 g/mol. The first-order chi connectivity index (χ1) is 16.3. The highest BCUT2D eigenvalue weighted by Crippen LogP contribution is 2.21. The SMILES string of the molecule is Cc1ccc(C(=O)Nc2cccc(CNC(=O)c3ccc(S(=O)(=O)N4CCCC4)cc3)c2)cc1. The van der Waals surface area contributed by atoms with Crippen LogP contribution in [-0.2, 0) is 16.6 Å². The first kappa shape index (κ1) is 23.7. The van der Waals surface area contributed by atoms with E-state index in [9.17, 15) is 18.0 Å². The number of aryl methyl sites for hydroxylation is 1. The molecule has 1 fully saturated rings. The number of benzene rings is 3. The Hall–Kier alpha value is -3.49. The summed E-state index contributed by atoms with van der Waals surface area (Å²) in [6.45, 7) is 3.30. The maximum Gasteiger partial charge on any atom is 0.255 e. The summed E-state index contributed by atoms with van der Waals surface area (Å²) in [5.41, 5.74) is 3.48. The zero-order valence-electron chi connectivity index (χ0n) is 19.0. The molecule has 0 saturated carbocycles. The molecule has 0 bridgehead atoms. The second-order valence-electron chi connectivity index (χ2n) is 8.34. The molecule has 176 valence electrons. The normalized spacial score (nSPS) is 14.0. The quantitative estimate of drug-likeness (QED) is 0.538. The van der Waals surface area contributed by atoms with Crippen LogP contribution in [0.4, 0.5) is 5.69 Å². The van der Waals surface area contributed by atoms with E-state index in [2.05, 4.69) is 10.6 Å². The van der Waals surface area contributed by atoms with E-state index in [-0.39, 0.29) is 23.3 Å². The molecule has 1 saturated heterocycles. The summed E-state index contributed by atoms with van der Waals surface area (Å²) in [5.74, 6) is -0.510. The average Bonchev–Trinajstić information content (AvgIpc) is 3.39. The van der Waals surface area contributed by atoms with Gasteiger partial charge in [-0.05, 0) is 73.9 Å². The molecule has 1 aliphatic rings. The maximum atomic E-state index is 12.6. The van der Waals surface area contributed by atoms with E-state index in [0.717, 1.165) is 24.0 Å². The van der Waals surface area contributed by atoms with Gasteiger partial charge in [-0.3, -0.25) is 9.59 Å². The molecule has 1 heterocycles. The molecule has 0 spiro atoms. The van der Waals surface area contributed by atoms with Gasteiger partial charge in [-0.25, -0.2) is 8.42 Å². The van der Waals surface area contributed by atoms with Gasteiger partial charge in [0.1, 0.15) is 0 Å². The molecule has 3 aromatic carbocycles. The number of amides is 2. The molecule has 0 aromatic heterocycles. The molecule has 0 atom stereocenters. The second-order valence-corrected chi connectivity index (χ2v) is 10.3. The summed E-state index contributed by atoms with van der Waals surface area (Å²) >= 11 is 0. The fraction of sp³-hybridized carbons (Fsp3) is 0.231. The molecular formula is C26H27N3O4S. The van der Waals surface area contributed by atoms with E-state index >= 15 is 0 Å². The minimum absolute atomic E-state index is 0.197. The van der Waals surface area contributed by atoms with E-state index in [1.54, 1.807) is 24.3 Å². The Labute approximate surface area is 199 Å². The number of anilines is 1. The van der Waals surface area contributed by atoms with Crippen LogP contribution >= 0.6 is 0 Å². The fourth-order valence-electron chi connectivity index (χ4n) is 3.81. The van der Waals surface area contributed by atoms with Gasteiger partial charge in [-0.2, -0.15) is 4.31 Å². The number of hydrogen-bond acceptors (Lipinski definition) is 4. The van der Waals surface area contributed by atoms with Crippen molar-refractivity contribution >= 4 is 27.5 Å². The molecule has 2 N–H and O–H groups in total. The van der Waals surface area contributed by atoms with Gasteiger partial charge in [0.15, 0.2) is 0 Å². The lowest BCUT2D eigenvalue weighted by Gasteiger charge is -2.15. The largest absolute Gasteiger partial charge is 0.348 e. The van der Waals surface area contributed by atoms with Crippen LogP contribution in [0.3, 0.4) is 0 Å². The van der Waals surface area contributed by atoms with E-state index in [4.69, 9.17) is 0 Å². The highest BCUT2D eigenvalue weighted by molar-refractivity contribution is 7.89. The first-order valence-electron chi connectivity index (χ1n) is 11.2. The van der Waals surface area contributed by atoms with Gasteiger partial charge in [-0.1, -0.05) is 29.8 Å². The number of nitrogens with one attached hydrogen (secondary N) is 2. The van der Waals surface area contributed by atoms with Gasteiger partial charge in [0.2, 0.25) is 10.0 Å². The third-order valence-electron chi connectivity index (χ3n) is 5.77. The lowest BCUT2D eigenvalue weighted by Crippen LogP contribution is -2.28. The van der Waals surface area contributed by atoms with Crippen LogP contribution in [0.25, 0.3) is 0 Å². The Morgan fingerprint density at radius 2 is 1.47 bits per heavy atom. The Balaban J connectivity index is 1.35. The van der Waals surface area contributed by atoms with Gasteiger partial charge in [0.05, 0.1) is 4.90 Å². The summed E-state index contributed by atoms with van der Waals surface area (Å²) < 4.78 is 26.7. The fourth-order valence-corrected chi connectivity index (χ4v) is 5.32. The highest BCUT2D eigenvalue weighted by Gasteiger charge is 2.27. The van der Waals surface area contributed by atoms with Crippen LogP contribution in [0, 0.1) is 6.92 Å². The lowest BCUT2D eigenvalue weighted by atomic mass is 10.1. The van der Waals surface area contributed by atoms with Gasteiger partial charge < -0.3 is 10.6 Å². The predicted molar refractivity (Wildman–Crippen MR) is 131 cm³/mol. The van der Waals surface area contributed by atoms with Crippen molar-refractivity contribution in [1.29, 1.82) is 0 Å². The molecule has 0 unspecified atom stereocenters. The molecule has 34 heavy (non-hydrogen) atoms. The van der Waals surface area contributed by atoms with E-state index in [0.29, 0.717) is 29.9 Å². The van der Waals surface area contributed by atoms with Crippen LogP contribution in [-0.4, -0.2) is 37.6 Å². The lowest BCUT2D eigenvalue weighted by molar-refractivity contribution is 0.0949. The maximum absolute atomic E-state index is 12.6. The molecule has 0 aliphatic carbocycles. The van der Waals surface area contributed by atoms with E-state index < -0.39 is 10.0 Å². The summed E-state index contributed by atoms with van der Waals surface area (Å²) in [4.78, 5) is 25.2. The number of nitrogens with zero attached hydrogens (tertiary/aromatic N) is 1. The van der Waals surface area contributed by atoms with Crippen molar-refractivity contribution < 1.29 is 18.0 Å². The van der Waals surface area contributed by atoms with Crippen LogP contribution in [0.2, 0.25) is 0 Å². The number of rotatable bonds is 7. The van der Waals surface area contributed by atoms with Crippen molar-refractivity contribution in [2.75, 3.05) is 18.4 Å². The van der Waals surface area contributed by atoms with Crippen molar-refractivity contribution in [3.8, 4) is 0 Å². The van der Waals surface area contributed by atoms with Crippen molar-refractivity contribution in [3.63, 3.8) is 0 Å². The van der Waals surface area contributed by atoms with Gasteiger partial charge in [-0.15, -0.1) is 0 Å². The standard InChI is InChI=1S/C26H27N3O4S/c1-19-7-9-22(10-8-19)26(31)28-23-6-4-5-20(17-23)18-27-25(30)21-11-13-24(14-12-21)34(32,33)29-15-2-3-16-29/h4-14,17H,2-3,15-16,18H2,1H3,(H,27,30)(H,28,31). The van der Waals surface area contributed by atoms with Gasteiger partial charge in [0.25, 0.3) is 11.8 Å². The molecule has 7 nitrogen and oxygen atoms in total. The van der Waals surface area contributed by atoms with Crippen LogP contribution in [0.1, 0.15) is 44.7 Å². The Kier molecular flexibility index (Phi) is 7.09. The smallest absolute Gasteiger partial charge is 0.255 e. The summed E-state index contributed by atoms with van der Waals surface area (Å²) in [7, 11) is -3.51. The first-order valence-corrected chi connectivity index (χ1v) is 12.6. The van der Waals surface area contributed by atoms with E-state index in [1.165, 1.54) is 28.6 Å². The van der Waals surface area contributed by atoms with Crippen molar-refractivity contribution in [2.24, 2.45) is 0 Å². The van der Waals surface area contributed by atoms with Crippen LogP contribution < -0.4 is 10.6 Å². The zero-order chi connectivity index (χ0) is 24.1. The number of hydrogen-bond donors (Lipinski definition) is 2. The monoisotopic (exact) mass is 477 g/mol. The summed E-state index contributed by atoms with van der Waals surface area (Å²) in [5, 5.41) is 5.70. The molecule has 0 radical (unpaired) electrons.